The lowest BCUT2D eigenvalue weighted by Crippen LogP contribution is -2.63. The number of carbonyl (C=O) groups excluding carboxylic acids is 6. The van der Waals surface area contributed by atoms with Gasteiger partial charge in [0.05, 0.1) is 17.7 Å². The number of hydrogen-bond acceptors (Lipinski definition) is 14. The SMILES string of the molecule is CC(=O)OC[C@@H]1O[C@H](OC[C@@H](COC(=O)c2ccccc2)OC(=O)c2ccccc2)[C@@H](OC(C)=O)[C@H](OC(C)=O)[C@H]1OC(C)=O. The van der Waals surface area contributed by atoms with Crippen LogP contribution in [0.25, 0.3) is 0 Å². The van der Waals surface area contributed by atoms with Gasteiger partial charge in [-0.3, -0.25) is 19.2 Å². The average Bonchev–Trinajstić information content (AvgIpc) is 3.00. The summed E-state index contributed by atoms with van der Waals surface area (Å²) in [5.74, 6) is -4.55. The van der Waals surface area contributed by atoms with Gasteiger partial charge in [-0.2, -0.15) is 0 Å². The molecule has 6 atom stereocenters. The van der Waals surface area contributed by atoms with Crippen LogP contribution in [0.3, 0.4) is 0 Å². The van der Waals surface area contributed by atoms with Gasteiger partial charge >= 0.3 is 35.8 Å². The number of carbonyl (C=O) groups is 6. The van der Waals surface area contributed by atoms with Crippen LogP contribution >= 0.6 is 0 Å². The largest absolute Gasteiger partial charge is 0.463 e. The molecule has 1 saturated heterocycles. The number of rotatable bonds is 13. The van der Waals surface area contributed by atoms with Crippen molar-refractivity contribution in [2.24, 2.45) is 0 Å². The Balaban J connectivity index is 1.88. The second-order valence-electron chi connectivity index (χ2n) is 9.76. The predicted octanol–water partition coefficient (Wildman–Crippen LogP) is 2.17. The highest BCUT2D eigenvalue weighted by Crippen LogP contribution is 2.30. The highest BCUT2D eigenvalue weighted by atomic mass is 16.7. The summed E-state index contributed by atoms with van der Waals surface area (Å²) in [7, 11) is 0. The molecule has 1 aliphatic heterocycles. The molecule has 14 nitrogen and oxygen atoms in total. The van der Waals surface area contributed by atoms with Gasteiger partial charge in [0.2, 0.25) is 0 Å². The third-order valence-electron chi connectivity index (χ3n) is 6.09. The van der Waals surface area contributed by atoms with Gasteiger partial charge in [0.1, 0.15) is 19.3 Å². The van der Waals surface area contributed by atoms with Gasteiger partial charge in [-0.1, -0.05) is 36.4 Å². The fourth-order valence-corrected chi connectivity index (χ4v) is 4.26. The van der Waals surface area contributed by atoms with Crippen molar-refractivity contribution in [1.82, 2.24) is 0 Å². The van der Waals surface area contributed by atoms with Gasteiger partial charge in [-0.15, -0.1) is 0 Å². The van der Waals surface area contributed by atoms with Crippen molar-refractivity contribution in [3.05, 3.63) is 71.8 Å². The Hall–Kier alpha value is -4.82. The third-order valence-corrected chi connectivity index (χ3v) is 6.09. The van der Waals surface area contributed by atoms with Crippen molar-refractivity contribution in [2.75, 3.05) is 19.8 Å². The molecule has 2 aromatic rings. The Morgan fingerprint density at radius 2 is 1.13 bits per heavy atom. The van der Waals surface area contributed by atoms with Crippen molar-refractivity contribution in [3.8, 4) is 0 Å². The lowest BCUT2D eigenvalue weighted by atomic mass is 9.98. The first kappa shape index (κ1) is 34.7. The molecule has 1 aliphatic rings. The van der Waals surface area contributed by atoms with Crippen LogP contribution in [-0.4, -0.2) is 92.4 Å². The van der Waals surface area contributed by atoms with Crippen molar-refractivity contribution in [1.29, 1.82) is 0 Å². The van der Waals surface area contributed by atoms with Crippen LogP contribution in [0, 0.1) is 0 Å². The van der Waals surface area contributed by atoms with Crippen LogP contribution in [0.4, 0.5) is 0 Å². The molecule has 0 radical (unpaired) electrons. The van der Waals surface area contributed by atoms with Crippen molar-refractivity contribution in [3.63, 3.8) is 0 Å². The molecule has 0 unspecified atom stereocenters. The van der Waals surface area contributed by atoms with E-state index < -0.39 is 92.4 Å². The monoisotopic (exact) mass is 630 g/mol. The summed E-state index contributed by atoms with van der Waals surface area (Å²) in [6, 6.07) is 16.1. The third kappa shape index (κ3) is 11.0. The Labute approximate surface area is 258 Å². The summed E-state index contributed by atoms with van der Waals surface area (Å²) in [5.41, 5.74) is 0.468. The van der Waals surface area contributed by atoms with Crippen LogP contribution in [0.15, 0.2) is 60.7 Å². The second-order valence-corrected chi connectivity index (χ2v) is 9.76. The fraction of sp³-hybridized carbons (Fsp3) is 0.419. The fourth-order valence-electron chi connectivity index (χ4n) is 4.26. The molecule has 45 heavy (non-hydrogen) atoms. The lowest BCUT2D eigenvalue weighted by molar-refractivity contribution is -0.311. The van der Waals surface area contributed by atoms with Crippen LogP contribution in [0.2, 0.25) is 0 Å². The zero-order valence-electron chi connectivity index (χ0n) is 25.1. The number of ether oxygens (including phenoxy) is 8. The molecule has 0 spiro atoms. The highest BCUT2D eigenvalue weighted by molar-refractivity contribution is 5.90. The van der Waals surface area contributed by atoms with Gasteiger partial charge in [0.25, 0.3) is 0 Å². The zero-order chi connectivity index (χ0) is 32.9. The average molecular weight is 631 g/mol. The molecule has 3 rings (SSSR count). The molecule has 1 heterocycles. The van der Waals surface area contributed by atoms with E-state index >= 15 is 0 Å². The van der Waals surface area contributed by atoms with Crippen molar-refractivity contribution in [2.45, 2.75) is 64.5 Å². The molecule has 2 aromatic carbocycles. The van der Waals surface area contributed by atoms with Crippen LogP contribution < -0.4 is 0 Å². The Bertz CT molecular complexity index is 1330. The van der Waals surface area contributed by atoms with E-state index in [1.807, 2.05) is 0 Å². The molecular weight excluding hydrogens is 596 g/mol. The first-order valence-electron chi connectivity index (χ1n) is 13.8. The van der Waals surface area contributed by atoms with Crippen LogP contribution in [-0.2, 0) is 57.1 Å². The Morgan fingerprint density at radius 3 is 1.67 bits per heavy atom. The quantitative estimate of drug-likeness (QED) is 0.232. The molecule has 0 N–H and O–H groups in total. The van der Waals surface area contributed by atoms with Crippen molar-refractivity contribution < 1.29 is 66.7 Å². The normalized spacial score (nSPS) is 21.4. The topological polar surface area (TPSA) is 176 Å². The molecule has 1 fully saturated rings. The molecule has 14 heteroatoms. The number of benzene rings is 2. The molecule has 0 bridgehead atoms. The van der Waals surface area contributed by atoms with Gasteiger partial charge in [-0.25, -0.2) is 9.59 Å². The lowest BCUT2D eigenvalue weighted by Gasteiger charge is -2.44. The molecular formula is C31H34O14. The second kappa shape index (κ2) is 16.9. The Kier molecular flexibility index (Phi) is 13.0. The van der Waals surface area contributed by atoms with E-state index in [0.717, 1.165) is 27.7 Å². The van der Waals surface area contributed by atoms with E-state index in [-0.39, 0.29) is 11.1 Å². The molecule has 0 aliphatic carbocycles. The van der Waals surface area contributed by atoms with Crippen LogP contribution in [0.1, 0.15) is 48.4 Å². The summed E-state index contributed by atoms with van der Waals surface area (Å²) in [5, 5.41) is 0. The maximum Gasteiger partial charge on any atom is 0.338 e. The summed E-state index contributed by atoms with van der Waals surface area (Å²) < 4.78 is 43.9. The van der Waals surface area contributed by atoms with E-state index in [9.17, 15) is 28.8 Å². The molecule has 0 saturated carbocycles. The van der Waals surface area contributed by atoms with Crippen molar-refractivity contribution >= 4 is 35.8 Å². The number of hydrogen-bond donors (Lipinski definition) is 0. The van der Waals surface area contributed by atoms with E-state index in [1.165, 1.54) is 12.1 Å². The van der Waals surface area contributed by atoms with Gasteiger partial charge in [0.15, 0.2) is 30.7 Å². The Morgan fingerprint density at radius 1 is 0.622 bits per heavy atom. The van der Waals surface area contributed by atoms with E-state index in [1.54, 1.807) is 48.5 Å². The molecule has 0 aromatic heterocycles. The predicted molar refractivity (Wildman–Crippen MR) is 150 cm³/mol. The molecule has 242 valence electrons. The van der Waals surface area contributed by atoms with E-state index in [0.29, 0.717) is 0 Å². The summed E-state index contributed by atoms with van der Waals surface area (Å²) >= 11 is 0. The number of esters is 6. The summed E-state index contributed by atoms with van der Waals surface area (Å²) in [6.45, 7) is 3.03. The zero-order valence-corrected chi connectivity index (χ0v) is 25.1. The summed E-state index contributed by atoms with van der Waals surface area (Å²) in [4.78, 5) is 73.2. The van der Waals surface area contributed by atoms with Gasteiger partial charge < -0.3 is 37.9 Å². The minimum atomic E-state index is -1.53. The first-order chi connectivity index (χ1) is 21.4. The van der Waals surface area contributed by atoms with Gasteiger partial charge in [-0.05, 0) is 24.3 Å². The van der Waals surface area contributed by atoms with E-state index in [2.05, 4.69) is 0 Å². The summed E-state index contributed by atoms with van der Waals surface area (Å²) in [6.07, 6.45) is -8.34. The maximum absolute atomic E-state index is 12.9. The minimum Gasteiger partial charge on any atom is -0.463 e. The first-order valence-corrected chi connectivity index (χ1v) is 13.8. The minimum absolute atomic E-state index is 0.212. The maximum atomic E-state index is 12.9. The van der Waals surface area contributed by atoms with Crippen LogP contribution in [0.5, 0.6) is 0 Å². The molecule has 0 amide bonds. The standard InChI is InChI=1S/C31H34O14/c1-18(32)38-17-25-26(41-19(2)33)27(42-20(3)34)28(43-21(4)35)31(45-25)40-16-24(44-30(37)23-13-9-6-10-14-23)15-39-29(36)22-11-7-5-8-12-22/h5-14,24-28,31H,15-17H2,1-4H3/t24-,25+,26+,27-,28+,31+/m1/s1. The smallest absolute Gasteiger partial charge is 0.338 e. The van der Waals surface area contributed by atoms with E-state index in [4.69, 9.17) is 37.9 Å². The van der Waals surface area contributed by atoms with Gasteiger partial charge in [0, 0.05) is 27.7 Å². The highest BCUT2D eigenvalue weighted by Gasteiger charge is 2.53.